The molecule has 2 aromatic rings. The lowest BCUT2D eigenvalue weighted by atomic mass is 10.1. The third kappa shape index (κ3) is 3.68. The van der Waals surface area contributed by atoms with E-state index in [1.54, 1.807) is 10.6 Å². The van der Waals surface area contributed by atoms with Gasteiger partial charge in [-0.15, -0.1) is 0 Å². The highest BCUT2D eigenvalue weighted by Crippen LogP contribution is 2.23. The molecule has 0 aliphatic carbocycles. The quantitative estimate of drug-likeness (QED) is 0.826. The third-order valence-electron chi connectivity index (χ3n) is 3.09. The third-order valence-corrected chi connectivity index (χ3v) is 3.28. The van der Waals surface area contributed by atoms with Gasteiger partial charge in [-0.2, -0.15) is 9.61 Å². The molecule has 0 spiro atoms. The standard InChI is InChI=1S/C15H21ClN4O2/c1-9(2)7-19(8-10(3)4)14-6-12(16)17-13-5-11(15(21)22)18-20(13)14/h5-6,9-10H,7-8H2,1-4H3,(H,21,22). The van der Waals surface area contributed by atoms with E-state index in [1.807, 2.05) is 0 Å². The van der Waals surface area contributed by atoms with Crippen LogP contribution in [-0.4, -0.2) is 38.8 Å². The molecule has 0 saturated carbocycles. The van der Waals surface area contributed by atoms with Crippen molar-refractivity contribution in [2.75, 3.05) is 18.0 Å². The van der Waals surface area contributed by atoms with Gasteiger partial charge in [-0.05, 0) is 11.8 Å². The Balaban J connectivity index is 2.56. The zero-order valence-electron chi connectivity index (χ0n) is 13.2. The first-order valence-electron chi connectivity index (χ1n) is 7.32. The molecule has 0 saturated heterocycles. The first kappa shape index (κ1) is 16.5. The van der Waals surface area contributed by atoms with Crippen molar-refractivity contribution in [2.45, 2.75) is 27.7 Å². The van der Waals surface area contributed by atoms with Crippen LogP contribution in [0.4, 0.5) is 5.82 Å². The van der Waals surface area contributed by atoms with Crippen LogP contribution in [0.5, 0.6) is 0 Å². The summed E-state index contributed by atoms with van der Waals surface area (Å²) in [4.78, 5) is 17.5. The van der Waals surface area contributed by atoms with Gasteiger partial charge in [0.15, 0.2) is 11.3 Å². The van der Waals surface area contributed by atoms with Gasteiger partial charge in [0, 0.05) is 25.2 Å². The Morgan fingerprint density at radius 1 is 1.27 bits per heavy atom. The van der Waals surface area contributed by atoms with E-state index >= 15 is 0 Å². The molecule has 0 radical (unpaired) electrons. The summed E-state index contributed by atoms with van der Waals surface area (Å²) < 4.78 is 1.56. The second kappa shape index (κ2) is 6.52. The minimum absolute atomic E-state index is 0.0370. The number of anilines is 1. The van der Waals surface area contributed by atoms with Crippen LogP contribution in [-0.2, 0) is 0 Å². The van der Waals surface area contributed by atoms with Crippen LogP contribution in [0.1, 0.15) is 38.2 Å². The van der Waals surface area contributed by atoms with Gasteiger partial charge in [-0.3, -0.25) is 0 Å². The number of carboxylic acids is 1. The summed E-state index contributed by atoms with van der Waals surface area (Å²) in [5.41, 5.74) is 0.405. The number of carbonyl (C=O) groups is 1. The van der Waals surface area contributed by atoms with Crippen molar-refractivity contribution in [3.8, 4) is 0 Å². The Hall–Kier alpha value is -1.82. The Morgan fingerprint density at radius 2 is 1.86 bits per heavy atom. The van der Waals surface area contributed by atoms with Crippen molar-refractivity contribution in [2.24, 2.45) is 11.8 Å². The topological polar surface area (TPSA) is 70.7 Å². The number of hydrogen-bond acceptors (Lipinski definition) is 4. The van der Waals surface area contributed by atoms with E-state index in [9.17, 15) is 4.79 Å². The van der Waals surface area contributed by atoms with Gasteiger partial charge in [0.1, 0.15) is 11.0 Å². The van der Waals surface area contributed by atoms with E-state index in [-0.39, 0.29) is 5.69 Å². The van der Waals surface area contributed by atoms with Gasteiger partial charge in [0.2, 0.25) is 0 Å². The maximum Gasteiger partial charge on any atom is 0.356 e. The molecular formula is C15H21ClN4O2. The molecule has 0 aliphatic heterocycles. The molecule has 0 atom stereocenters. The first-order valence-corrected chi connectivity index (χ1v) is 7.70. The minimum Gasteiger partial charge on any atom is -0.476 e. The summed E-state index contributed by atoms with van der Waals surface area (Å²) in [6, 6.07) is 3.17. The van der Waals surface area contributed by atoms with Gasteiger partial charge >= 0.3 is 5.97 Å². The summed E-state index contributed by atoms with van der Waals surface area (Å²) in [5, 5.41) is 13.6. The molecule has 0 unspecified atom stereocenters. The van der Waals surface area contributed by atoms with Crippen molar-refractivity contribution < 1.29 is 9.90 Å². The summed E-state index contributed by atoms with van der Waals surface area (Å²) in [7, 11) is 0. The summed E-state index contributed by atoms with van der Waals surface area (Å²) in [6.07, 6.45) is 0. The first-order chi connectivity index (χ1) is 10.3. The highest BCUT2D eigenvalue weighted by Gasteiger charge is 2.18. The van der Waals surface area contributed by atoms with Gasteiger partial charge < -0.3 is 10.0 Å². The molecule has 7 heteroatoms. The Morgan fingerprint density at radius 3 is 2.36 bits per heavy atom. The number of aromatic carboxylic acids is 1. The van der Waals surface area contributed by atoms with E-state index in [2.05, 4.69) is 42.7 Å². The maximum absolute atomic E-state index is 11.1. The van der Waals surface area contributed by atoms with E-state index < -0.39 is 5.97 Å². The number of fused-ring (bicyclic) bond motifs is 1. The summed E-state index contributed by atoms with van der Waals surface area (Å²) in [6.45, 7) is 10.2. The van der Waals surface area contributed by atoms with Crippen molar-refractivity contribution >= 4 is 29.0 Å². The van der Waals surface area contributed by atoms with Crippen molar-refractivity contribution in [3.05, 3.63) is 23.0 Å². The molecule has 2 heterocycles. The largest absolute Gasteiger partial charge is 0.476 e. The monoisotopic (exact) mass is 324 g/mol. The summed E-state index contributed by atoms with van der Waals surface area (Å²) >= 11 is 6.10. The molecule has 2 aromatic heterocycles. The number of nitrogens with zero attached hydrogens (tertiary/aromatic N) is 4. The highest BCUT2D eigenvalue weighted by molar-refractivity contribution is 6.29. The zero-order valence-corrected chi connectivity index (χ0v) is 14.0. The van der Waals surface area contributed by atoms with E-state index in [0.717, 1.165) is 18.9 Å². The zero-order chi connectivity index (χ0) is 16.4. The predicted octanol–water partition coefficient (Wildman–Crippen LogP) is 3.20. The second-order valence-corrected chi connectivity index (χ2v) is 6.62. The van der Waals surface area contributed by atoms with Crippen LogP contribution < -0.4 is 4.90 Å². The molecule has 0 aromatic carbocycles. The van der Waals surface area contributed by atoms with Crippen LogP contribution >= 0.6 is 11.6 Å². The maximum atomic E-state index is 11.1. The Kier molecular flexibility index (Phi) is 4.90. The number of carboxylic acid groups (broad SMARTS) is 1. The molecule has 0 aliphatic rings. The van der Waals surface area contributed by atoms with Gasteiger partial charge in [-0.1, -0.05) is 39.3 Å². The van der Waals surface area contributed by atoms with Crippen LogP contribution in [0.2, 0.25) is 5.15 Å². The molecule has 0 bridgehead atoms. The fourth-order valence-electron chi connectivity index (χ4n) is 2.40. The molecule has 2 rings (SSSR count). The van der Waals surface area contributed by atoms with Crippen LogP contribution in [0.3, 0.4) is 0 Å². The highest BCUT2D eigenvalue weighted by atomic mass is 35.5. The van der Waals surface area contributed by atoms with Gasteiger partial charge in [0.25, 0.3) is 0 Å². The van der Waals surface area contributed by atoms with Gasteiger partial charge in [0.05, 0.1) is 0 Å². The molecule has 0 fully saturated rings. The molecule has 0 amide bonds. The smallest absolute Gasteiger partial charge is 0.356 e. The predicted molar refractivity (Wildman–Crippen MR) is 86.8 cm³/mol. The van der Waals surface area contributed by atoms with Crippen molar-refractivity contribution in [3.63, 3.8) is 0 Å². The minimum atomic E-state index is -1.08. The van der Waals surface area contributed by atoms with E-state index in [1.165, 1.54) is 6.07 Å². The molecule has 22 heavy (non-hydrogen) atoms. The second-order valence-electron chi connectivity index (χ2n) is 6.23. The van der Waals surface area contributed by atoms with Crippen molar-refractivity contribution in [1.82, 2.24) is 14.6 Å². The van der Waals surface area contributed by atoms with E-state index in [0.29, 0.717) is 22.6 Å². The summed E-state index contributed by atoms with van der Waals surface area (Å²) in [5.74, 6) is 0.599. The number of hydrogen-bond donors (Lipinski definition) is 1. The molecule has 6 nitrogen and oxygen atoms in total. The SMILES string of the molecule is CC(C)CN(CC(C)C)c1cc(Cl)nc2cc(C(=O)O)nn12. The van der Waals surface area contributed by atoms with Crippen LogP contribution in [0.15, 0.2) is 12.1 Å². The normalized spacial score (nSPS) is 11.6. The average molecular weight is 325 g/mol. The lowest BCUT2D eigenvalue weighted by Crippen LogP contribution is -2.33. The average Bonchev–Trinajstić information content (AvgIpc) is 2.79. The van der Waals surface area contributed by atoms with Crippen molar-refractivity contribution in [1.29, 1.82) is 0 Å². The van der Waals surface area contributed by atoms with E-state index in [4.69, 9.17) is 16.7 Å². The lowest BCUT2D eigenvalue weighted by molar-refractivity contribution is 0.0690. The fraction of sp³-hybridized carbons (Fsp3) is 0.533. The van der Waals surface area contributed by atoms with Gasteiger partial charge in [-0.25, -0.2) is 9.78 Å². The Labute approximate surface area is 134 Å². The molecule has 120 valence electrons. The number of halogens is 1. The van der Waals surface area contributed by atoms with Crippen LogP contribution in [0, 0.1) is 11.8 Å². The van der Waals surface area contributed by atoms with Crippen LogP contribution in [0.25, 0.3) is 5.65 Å². The Bertz CT molecular complexity index is 671. The number of aromatic nitrogens is 3. The molecule has 1 N–H and O–H groups in total. The molecular weight excluding hydrogens is 304 g/mol. The lowest BCUT2D eigenvalue weighted by Gasteiger charge is -2.28. The fourth-order valence-corrected chi connectivity index (χ4v) is 2.59. The number of rotatable bonds is 6.